The second-order valence-electron chi connectivity index (χ2n) is 6.10. The molecule has 0 aromatic heterocycles. The van der Waals surface area contributed by atoms with E-state index in [-0.39, 0.29) is 18.6 Å². The van der Waals surface area contributed by atoms with Crippen LogP contribution in [-0.4, -0.2) is 30.8 Å². The number of aliphatic hydroxyl groups is 1. The lowest BCUT2D eigenvalue weighted by molar-refractivity contribution is 0.171. The Morgan fingerprint density at radius 2 is 2.09 bits per heavy atom. The molecule has 2 amide bonds. The van der Waals surface area contributed by atoms with Crippen LogP contribution in [0.4, 0.5) is 4.79 Å². The Kier molecular flexibility index (Phi) is 6.07. The number of carbonyl (C=O) groups excluding carboxylic acids is 1. The number of amides is 2. The van der Waals surface area contributed by atoms with Gasteiger partial charge in [0.1, 0.15) is 5.75 Å². The van der Waals surface area contributed by atoms with Gasteiger partial charge in [0, 0.05) is 12.6 Å². The first-order valence-electron chi connectivity index (χ1n) is 7.95. The third kappa shape index (κ3) is 4.91. The van der Waals surface area contributed by atoms with Crippen LogP contribution in [0.5, 0.6) is 5.75 Å². The highest BCUT2D eigenvalue weighted by Crippen LogP contribution is 2.23. The number of aliphatic hydroxyl groups excluding tert-OH is 1. The number of hydrogen-bond acceptors (Lipinski definition) is 3. The standard InChI is InChI=1S/C17H26N2O3/c1-12-6-8-14(9-7-12)19-17(21)18-11-16(20)13-4-3-5-15(10-13)22-2/h3-5,10,12,14,16,20H,6-9,11H2,1-2H3,(H2,18,19,21). The predicted molar refractivity (Wildman–Crippen MR) is 85.9 cm³/mol. The Labute approximate surface area is 132 Å². The van der Waals surface area contributed by atoms with Gasteiger partial charge in [-0.1, -0.05) is 19.1 Å². The van der Waals surface area contributed by atoms with Crippen molar-refractivity contribution in [1.29, 1.82) is 0 Å². The molecule has 3 N–H and O–H groups in total. The summed E-state index contributed by atoms with van der Waals surface area (Å²) in [5.74, 6) is 1.45. The van der Waals surface area contributed by atoms with Crippen molar-refractivity contribution in [1.82, 2.24) is 10.6 Å². The number of methoxy groups -OCH3 is 1. The minimum absolute atomic E-state index is 0.183. The van der Waals surface area contributed by atoms with Crippen molar-refractivity contribution in [2.45, 2.75) is 44.8 Å². The van der Waals surface area contributed by atoms with E-state index in [1.54, 1.807) is 13.2 Å². The number of hydrogen-bond donors (Lipinski definition) is 3. The molecule has 1 unspecified atom stereocenters. The highest BCUT2D eigenvalue weighted by Gasteiger charge is 2.20. The summed E-state index contributed by atoms with van der Waals surface area (Å²) in [6.07, 6.45) is 3.65. The van der Waals surface area contributed by atoms with Gasteiger partial charge >= 0.3 is 6.03 Å². The molecule has 1 fully saturated rings. The second-order valence-corrected chi connectivity index (χ2v) is 6.10. The summed E-state index contributed by atoms with van der Waals surface area (Å²) in [7, 11) is 1.59. The van der Waals surface area contributed by atoms with Gasteiger partial charge in [-0.25, -0.2) is 4.79 Å². The van der Waals surface area contributed by atoms with E-state index in [0.717, 1.165) is 37.2 Å². The zero-order chi connectivity index (χ0) is 15.9. The van der Waals surface area contributed by atoms with Crippen LogP contribution in [0, 0.1) is 5.92 Å². The molecule has 1 saturated carbocycles. The lowest BCUT2D eigenvalue weighted by Gasteiger charge is -2.27. The minimum Gasteiger partial charge on any atom is -0.497 e. The second kappa shape index (κ2) is 8.03. The van der Waals surface area contributed by atoms with Crippen LogP contribution < -0.4 is 15.4 Å². The molecule has 1 atom stereocenters. The van der Waals surface area contributed by atoms with Crippen LogP contribution in [0.1, 0.15) is 44.3 Å². The van der Waals surface area contributed by atoms with Crippen LogP contribution in [0.25, 0.3) is 0 Å². The number of benzene rings is 1. The Morgan fingerprint density at radius 1 is 1.36 bits per heavy atom. The Bertz CT molecular complexity index is 485. The van der Waals surface area contributed by atoms with E-state index < -0.39 is 6.10 Å². The lowest BCUT2D eigenvalue weighted by atomic mass is 9.87. The lowest BCUT2D eigenvalue weighted by Crippen LogP contribution is -2.44. The maximum Gasteiger partial charge on any atom is 0.315 e. The zero-order valence-electron chi connectivity index (χ0n) is 13.3. The van der Waals surface area contributed by atoms with Gasteiger partial charge in [-0.15, -0.1) is 0 Å². The molecule has 2 rings (SSSR count). The van der Waals surface area contributed by atoms with Gasteiger partial charge in [-0.3, -0.25) is 0 Å². The summed E-state index contributed by atoms with van der Waals surface area (Å²) < 4.78 is 5.13. The molecule has 0 heterocycles. The third-order valence-corrected chi connectivity index (χ3v) is 4.29. The molecule has 0 saturated heterocycles. The topological polar surface area (TPSA) is 70.6 Å². The Hall–Kier alpha value is -1.75. The van der Waals surface area contributed by atoms with Gasteiger partial charge in [0.25, 0.3) is 0 Å². The molecule has 1 aromatic rings. The van der Waals surface area contributed by atoms with Crippen LogP contribution in [0.2, 0.25) is 0 Å². The van der Waals surface area contributed by atoms with Gasteiger partial charge in [0.15, 0.2) is 0 Å². The van der Waals surface area contributed by atoms with Gasteiger partial charge in [0.05, 0.1) is 13.2 Å². The average molecular weight is 306 g/mol. The first-order valence-corrected chi connectivity index (χ1v) is 7.95. The van der Waals surface area contributed by atoms with E-state index in [1.807, 2.05) is 18.2 Å². The first-order chi connectivity index (χ1) is 10.6. The molecule has 1 aliphatic rings. The van der Waals surface area contributed by atoms with Crippen LogP contribution >= 0.6 is 0 Å². The summed E-state index contributed by atoms with van der Waals surface area (Å²) in [5.41, 5.74) is 0.728. The van der Waals surface area contributed by atoms with E-state index in [1.165, 1.54) is 0 Å². The molecule has 122 valence electrons. The molecule has 5 heteroatoms. The molecule has 5 nitrogen and oxygen atoms in total. The number of urea groups is 1. The van der Waals surface area contributed by atoms with Crippen LogP contribution in [-0.2, 0) is 0 Å². The summed E-state index contributed by atoms with van der Waals surface area (Å²) in [6, 6.07) is 7.27. The average Bonchev–Trinajstić information content (AvgIpc) is 2.55. The van der Waals surface area contributed by atoms with Crippen molar-refractivity contribution in [3.8, 4) is 5.75 Å². The smallest absolute Gasteiger partial charge is 0.315 e. The molecular weight excluding hydrogens is 280 g/mol. The van der Waals surface area contributed by atoms with Crippen molar-refractivity contribution in [2.75, 3.05) is 13.7 Å². The molecular formula is C17H26N2O3. The van der Waals surface area contributed by atoms with E-state index in [2.05, 4.69) is 17.6 Å². The van der Waals surface area contributed by atoms with Gasteiger partial charge in [-0.2, -0.15) is 0 Å². The summed E-state index contributed by atoms with van der Waals surface area (Å²) in [5, 5.41) is 15.9. The summed E-state index contributed by atoms with van der Waals surface area (Å²) >= 11 is 0. The van der Waals surface area contributed by atoms with Crippen LogP contribution in [0.15, 0.2) is 24.3 Å². The van der Waals surface area contributed by atoms with Gasteiger partial charge in [0.2, 0.25) is 0 Å². The molecule has 1 aliphatic carbocycles. The minimum atomic E-state index is -0.743. The monoisotopic (exact) mass is 306 g/mol. The van der Waals surface area contributed by atoms with E-state index in [9.17, 15) is 9.90 Å². The highest BCUT2D eigenvalue weighted by molar-refractivity contribution is 5.74. The van der Waals surface area contributed by atoms with Crippen molar-refractivity contribution >= 4 is 6.03 Å². The molecule has 22 heavy (non-hydrogen) atoms. The molecule has 0 aliphatic heterocycles. The van der Waals surface area contributed by atoms with Gasteiger partial charge < -0.3 is 20.5 Å². The normalized spacial score (nSPS) is 22.7. The highest BCUT2D eigenvalue weighted by atomic mass is 16.5. The Balaban J connectivity index is 1.75. The SMILES string of the molecule is COc1cccc(C(O)CNC(=O)NC2CCC(C)CC2)c1. The van der Waals surface area contributed by atoms with Crippen molar-refractivity contribution in [3.05, 3.63) is 29.8 Å². The maximum absolute atomic E-state index is 11.9. The number of carbonyl (C=O) groups is 1. The van der Waals surface area contributed by atoms with E-state index in [0.29, 0.717) is 5.75 Å². The molecule has 0 spiro atoms. The van der Waals surface area contributed by atoms with Crippen molar-refractivity contribution < 1.29 is 14.6 Å². The maximum atomic E-state index is 11.9. The van der Waals surface area contributed by atoms with Crippen molar-refractivity contribution in [3.63, 3.8) is 0 Å². The van der Waals surface area contributed by atoms with E-state index >= 15 is 0 Å². The molecule has 0 bridgehead atoms. The third-order valence-electron chi connectivity index (χ3n) is 4.29. The fourth-order valence-electron chi connectivity index (χ4n) is 2.80. The fraction of sp³-hybridized carbons (Fsp3) is 0.588. The number of ether oxygens (including phenoxy) is 1. The van der Waals surface area contributed by atoms with Crippen LogP contribution in [0.3, 0.4) is 0 Å². The number of nitrogens with one attached hydrogen (secondary N) is 2. The quantitative estimate of drug-likeness (QED) is 0.783. The predicted octanol–water partition coefficient (Wildman–Crippen LogP) is 2.61. The molecule has 0 radical (unpaired) electrons. The zero-order valence-corrected chi connectivity index (χ0v) is 13.3. The molecule has 1 aromatic carbocycles. The number of rotatable bonds is 5. The van der Waals surface area contributed by atoms with Crippen molar-refractivity contribution in [2.24, 2.45) is 5.92 Å². The fourth-order valence-corrected chi connectivity index (χ4v) is 2.80. The Morgan fingerprint density at radius 3 is 2.77 bits per heavy atom. The first kappa shape index (κ1) is 16.6. The summed E-state index contributed by atoms with van der Waals surface area (Å²) in [4.78, 5) is 11.9. The summed E-state index contributed by atoms with van der Waals surface area (Å²) in [6.45, 7) is 2.43. The van der Waals surface area contributed by atoms with E-state index in [4.69, 9.17) is 4.74 Å². The largest absolute Gasteiger partial charge is 0.497 e. The van der Waals surface area contributed by atoms with Gasteiger partial charge in [-0.05, 0) is 49.3 Å².